The van der Waals surface area contributed by atoms with Crippen LogP contribution in [0.15, 0.2) is 54.6 Å². The Morgan fingerprint density at radius 2 is 1.89 bits per heavy atom. The molecule has 1 saturated heterocycles. The van der Waals surface area contributed by atoms with Gasteiger partial charge in [-0.25, -0.2) is 0 Å². The second-order valence-electron chi connectivity index (χ2n) is 6.36. The quantitative estimate of drug-likeness (QED) is 0.621. The number of carbonyl (C=O) groups excluding carboxylic acids is 2. The second kappa shape index (κ2) is 8.41. The molecule has 0 saturated carbocycles. The zero-order chi connectivity index (χ0) is 19.2. The fourth-order valence-electron chi connectivity index (χ4n) is 3.16. The molecule has 1 atom stereocenters. The van der Waals surface area contributed by atoms with Crippen LogP contribution in [0.3, 0.4) is 0 Å². The standard InChI is InChI=1S/C19H20N4O4/c24-18(15-8-4-9-16(12-15)23(26)27)20-21-19(25)17-10-5-11-22(17)13-14-6-2-1-3-7-14/h1-4,6-9,12,17H,5,10-11,13H2,(H,20,24)(H,21,25). The van der Waals surface area contributed by atoms with E-state index in [1.54, 1.807) is 0 Å². The molecule has 140 valence electrons. The lowest BCUT2D eigenvalue weighted by atomic mass is 10.1. The number of nitrogens with zero attached hydrogens (tertiary/aromatic N) is 2. The Labute approximate surface area is 156 Å². The van der Waals surface area contributed by atoms with E-state index in [0.29, 0.717) is 13.0 Å². The Morgan fingerprint density at radius 1 is 1.11 bits per heavy atom. The third-order valence-corrected chi connectivity index (χ3v) is 4.51. The molecule has 1 aliphatic rings. The normalized spacial score (nSPS) is 16.7. The minimum atomic E-state index is -0.598. The largest absolute Gasteiger partial charge is 0.288 e. The smallest absolute Gasteiger partial charge is 0.270 e. The van der Waals surface area contributed by atoms with E-state index in [4.69, 9.17) is 0 Å². The maximum Gasteiger partial charge on any atom is 0.270 e. The van der Waals surface area contributed by atoms with E-state index in [0.717, 1.165) is 18.5 Å². The summed E-state index contributed by atoms with van der Waals surface area (Å²) in [5.74, 6) is -0.887. The molecule has 8 nitrogen and oxygen atoms in total. The van der Waals surface area contributed by atoms with Crippen molar-refractivity contribution in [3.63, 3.8) is 0 Å². The summed E-state index contributed by atoms with van der Waals surface area (Å²) in [5.41, 5.74) is 5.83. The highest BCUT2D eigenvalue weighted by atomic mass is 16.6. The molecule has 0 bridgehead atoms. The van der Waals surface area contributed by atoms with Crippen LogP contribution < -0.4 is 10.9 Å². The molecule has 1 aliphatic heterocycles. The molecule has 0 radical (unpaired) electrons. The molecule has 0 aliphatic carbocycles. The first kappa shape index (κ1) is 18.5. The Kier molecular flexibility index (Phi) is 5.77. The van der Waals surface area contributed by atoms with Crippen molar-refractivity contribution in [2.45, 2.75) is 25.4 Å². The second-order valence-corrected chi connectivity index (χ2v) is 6.36. The molecule has 1 unspecified atom stereocenters. The number of hydrogen-bond acceptors (Lipinski definition) is 5. The van der Waals surface area contributed by atoms with Gasteiger partial charge in [0.15, 0.2) is 0 Å². The zero-order valence-corrected chi connectivity index (χ0v) is 14.6. The Hall–Kier alpha value is -3.26. The Morgan fingerprint density at radius 3 is 2.63 bits per heavy atom. The average molecular weight is 368 g/mol. The van der Waals surface area contributed by atoms with Gasteiger partial charge < -0.3 is 0 Å². The molecule has 2 N–H and O–H groups in total. The monoisotopic (exact) mass is 368 g/mol. The number of nitro benzene ring substituents is 1. The van der Waals surface area contributed by atoms with Gasteiger partial charge >= 0.3 is 0 Å². The topological polar surface area (TPSA) is 105 Å². The van der Waals surface area contributed by atoms with Crippen molar-refractivity contribution in [2.75, 3.05) is 6.54 Å². The van der Waals surface area contributed by atoms with Crippen LogP contribution in [0.5, 0.6) is 0 Å². The SMILES string of the molecule is O=C(NNC(=O)C1CCCN1Cc1ccccc1)c1cccc([N+](=O)[O-])c1. The van der Waals surface area contributed by atoms with Crippen molar-refractivity contribution in [1.82, 2.24) is 15.8 Å². The minimum absolute atomic E-state index is 0.108. The Balaban J connectivity index is 1.57. The van der Waals surface area contributed by atoms with Gasteiger partial charge in [-0.3, -0.25) is 35.5 Å². The molecule has 3 rings (SSSR count). The molecule has 8 heteroatoms. The van der Waals surface area contributed by atoms with Gasteiger partial charge in [0, 0.05) is 24.2 Å². The van der Waals surface area contributed by atoms with Crippen LogP contribution in [-0.2, 0) is 11.3 Å². The fraction of sp³-hybridized carbons (Fsp3) is 0.263. The summed E-state index contributed by atoms with van der Waals surface area (Å²) < 4.78 is 0. The molecule has 0 spiro atoms. The number of nitrogens with one attached hydrogen (secondary N) is 2. The maximum atomic E-state index is 12.5. The summed E-state index contributed by atoms with van der Waals surface area (Å²) in [6, 6.07) is 14.9. The number of likely N-dealkylation sites (tertiary alicyclic amines) is 1. The lowest BCUT2D eigenvalue weighted by Gasteiger charge is -2.23. The van der Waals surface area contributed by atoms with Crippen LogP contribution in [-0.4, -0.2) is 34.2 Å². The number of carbonyl (C=O) groups is 2. The first-order valence-corrected chi connectivity index (χ1v) is 8.67. The minimum Gasteiger partial charge on any atom is -0.288 e. The summed E-state index contributed by atoms with van der Waals surface area (Å²) >= 11 is 0. The predicted octanol–water partition coefficient (Wildman–Crippen LogP) is 2.02. The van der Waals surface area contributed by atoms with Crippen LogP contribution in [0.2, 0.25) is 0 Å². The van der Waals surface area contributed by atoms with Crippen LogP contribution in [0.4, 0.5) is 5.69 Å². The van der Waals surface area contributed by atoms with Gasteiger partial charge in [-0.05, 0) is 31.0 Å². The van der Waals surface area contributed by atoms with E-state index in [1.165, 1.54) is 24.3 Å². The molecule has 1 fully saturated rings. The van der Waals surface area contributed by atoms with Gasteiger partial charge in [0.1, 0.15) is 0 Å². The third-order valence-electron chi connectivity index (χ3n) is 4.51. The molecular formula is C19H20N4O4. The lowest BCUT2D eigenvalue weighted by molar-refractivity contribution is -0.384. The maximum absolute atomic E-state index is 12.5. The van der Waals surface area contributed by atoms with Crippen molar-refractivity contribution in [2.24, 2.45) is 0 Å². The van der Waals surface area contributed by atoms with Gasteiger partial charge in [-0.1, -0.05) is 36.4 Å². The number of benzene rings is 2. The summed E-state index contributed by atoms with van der Waals surface area (Å²) in [6.45, 7) is 1.48. The van der Waals surface area contributed by atoms with Crippen molar-refractivity contribution in [3.05, 3.63) is 75.8 Å². The molecule has 2 amide bonds. The highest BCUT2D eigenvalue weighted by Gasteiger charge is 2.30. The number of amides is 2. The van der Waals surface area contributed by atoms with E-state index < -0.39 is 10.8 Å². The van der Waals surface area contributed by atoms with E-state index in [-0.39, 0.29) is 23.2 Å². The number of non-ortho nitro benzene ring substituents is 1. The van der Waals surface area contributed by atoms with E-state index in [1.807, 2.05) is 30.3 Å². The highest BCUT2D eigenvalue weighted by Crippen LogP contribution is 2.20. The third kappa shape index (κ3) is 4.68. The van der Waals surface area contributed by atoms with Gasteiger partial charge in [-0.15, -0.1) is 0 Å². The molecule has 2 aromatic carbocycles. The molecule has 1 heterocycles. The highest BCUT2D eigenvalue weighted by molar-refractivity contribution is 5.96. The summed E-state index contributed by atoms with van der Waals surface area (Å²) in [7, 11) is 0. The van der Waals surface area contributed by atoms with Gasteiger partial charge in [-0.2, -0.15) is 0 Å². The van der Waals surface area contributed by atoms with Crippen molar-refractivity contribution in [1.29, 1.82) is 0 Å². The van der Waals surface area contributed by atoms with Crippen LogP contribution in [0, 0.1) is 10.1 Å². The first-order valence-electron chi connectivity index (χ1n) is 8.67. The van der Waals surface area contributed by atoms with E-state index in [9.17, 15) is 19.7 Å². The van der Waals surface area contributed by atoms with Crippen LogP contribution in [0.1, 0.15) is 28.8 Å². The molecular weight excluding hydrogens is 348 g/mol. The number of nitro groups is 1. The predicted molar refractivity (Wildman–Crippen MR) is 98.6 cm³/mol. The van der Waals surface area contributed by atoms with Crippen molar-refractivity contribution < 1.29 is 14.5 Å². The summed E-state index contributed by atoms with van der Waals surface area (Å²) in [4.78, 5) is 36.9. The molecule has 0 aromatic heterocycles. The molecule has 27 heavy (non-hydrogen) atoms. The summed E-state index contributed by atoms with van der Waals surface area (Å²) in [5, 5.41) is 10.8. The van der Waals surface area contributed by atoms with E-state index >= 15 is 0 Å². The Bertz CT molecular complexity index is 841. The van der Waals surface area contributed by atoms with Gasteiger partial charge in [0.05, 0.1) is 11.0 Å². The van der Waals surface area contributed by atoms with Crippen molar-refractivity contribution in [3.8, 4) is 0 Å². The summed E-state index contributed by atoms with van der Waals surface area (Å²) in [6.07, 6.45) is 1.62. The first-order chi connectivity index (χ1) is 13.0. The number of rotatable bonds is 5. The zero-order valence-electron chi connectivity index (χ0n) is 14.6. The lowest BCUT2D eigenvalue weighted by Crippen LogP contribution is -2.50. The van der Waals surface area contributed by atoms with Gasteiger partial charge in [0.2, 0.25) is 0 Å². The van der Waals surface area contributed by atoms with Crippen LogP contribution in [0.25, 0.3) is 0 Å². The van der Waals surface area contributed by atoms with Crippen LogP contribution >= 0.6 is 0 Å². The molecule has 2 aromatic rings. The number of hydrogen-bond donors (Lipinski definition) is 2. The average Bonchev–Trinajstić information content (AvgIpc) is 3.15. The van der Waals surface area contributed by atoms with E-state index in [2.05, 4.69) is 15.8 Å². The van der Waals surface area contributed by atoms with Crippen molar-refractivity contribution >= 4 is 17.5 Å². The number of hydrazine groups is 1. The fourth-order valence-corrected chi connectivity index (χ4v) is 3.16. The van der Waals surface area contributed by atoms with Gasteiger partial charge in [0.25, 0.3) is 17.5 Å².